The fourth-order valence-electron chi connectivity index (χ4n) is 7.34. The van der Waals surface area contributed by atoms with Crippen molar-refractivity contribution in [2.24, 2.45) is 34.7 Å². The number of amides is 1. The van der Waals surface area contributed by atoms with E-state index in [-0.39, 0.29) is 29.2 Å². The number of aliphatic hydroxyl groups is 1. The van der Waals surface area contributed by atoms with Crippen LogP contribution in [0.3, 0.4) is 0 Å². The molecule has 7 nitrogen and oxygen atoms in total. The summed E-state index contributed by atoms with van der Waals surface area (Å²) in [7, 11) is 1.86. The first kappa shape index (κ1) is 19.5. The minimum absolute atomic E-state index is 0.183. The maximum Gasteiger partial charge on any atom is 0.223 e. The Bertz CT molecular complexity index is 883. The molecule has 2 aliphatic heterocycles. The van der Waals surface area contributed by atoms with Gasteiger partial charge < -0.3 is 10.0 Å². The third-order valence-corrected chi connectivity index (χ3v) is 8.82. The van der Waals surface area contributed by atoms with Gasteiger partial charge in [-0.25, -0.2) is 9.93 Å². The van der Waals surface area contributed by atoms with Crippen LogP contribution in [-0.2, 0) is 10.2 Å². The largest absolute Gasteiger partial charge is 0.393 e. The second-order valence-electron chi connectivity index (χ2n) is 10.3. The van der Waals surface area contributed by atoms with Gasteiger partial charge in [-0.1, -0.05) is 12.1 Å². The second kappa shape index (κ2) is 6.90. The minimum Gasteiger partial charge on any atom is -0.393 e. The number of nitrogens with zero attached hydrogens (tertiary/aromatic N) is 3. The number of hydrogen-bond donors (Lipinski definition) is 3. The van der Waals surface area contributed by atoms with Crippen molar-refractivity contribution in [2.45, 2.75) is 43.6 Å². The number of aliphatic hydroxyl groups excluding tert-OH is 1. The SMILES string of the molecule is CN1NN=C(C2CN(C(=O)CC3(c4ccc(F)cc4)C4CC5CC3CC(C4)C5O)C2)N1. The molecule has 0 spiro atoms. The molecule has 0 radical (unpaired) electrons. The van der Waals surface area contributed by atoms with Crippen LogP contribution in [0.15, 0.2) is 29.4 Å². The van der Waals surface area contributed by atoms with Crippen molar-refractivity contribution >= 4 is 11.7 Å². The summed E-state index contributed by atoms with van der Waals surface area (Å²) in [4.78, 5) is 15.4. The summed E-state index contributed by atoms with van der Waals surface area (Å²) in [5, 5.41) is 16.6. The molecule has 2 heterocycles. The molecule has 31 heavy (non-hydrogen) atoms. The Morgan fingerprint density at radius 1 is 1.16 bits per heavy atom. The van der Waals surface area contributed by atoms with E-state index in [9.17, 15) is 14.3 Å². The molecule has 166 valence electrons. The molecule has 5 fully saturated rings. The van der Waals surface area contributed by atoms with Crippen molar-refractivity contribution in [3.63, 3.8) is 0 Å². The van der Waals surface area contributed by atoms with E-state index in [2.05, 4.69) is 16.1 Å². The first-order valence-electron chi connectivity index (χ1n) is 11.5. The predicted octanol–water partition coefficient (Wildman–Crippen LogP) is 1.61. The lowest BCUT2D eigenvalue weighted by Gasteiger charge is -2.63. The van der Waals surface area contributed by atoms with Gasteiger partial charge in [-0.3, -0.25) is 10.2 Å². The number of likely N-dealkylation sites (tertiary alicyclic amines) is 1. The summed E-state index contributed by atoms with van der Waals surface area (Å²) in [6.45, 7) is 1.36. The molecule has 4 bridgehead atoms. The third-order valence-electron chi connectivity index (χ3n) is 8.82. The molecular weight excluding hydrogens is 397 g/mol. The van der Waals surface area contributed by atoms with Crippen molar-refractivity contribution in [2.75, 3.05) is 20.1 Å². The number of halogens is 1. The van der Waals surface area contributed by atoms with Gasteiger partial charge in [0, 0.05) is 32.0 Å². The van der Waals surface area contributed by atoms with Gasteiger partial charge in [0.1, 0.15) is 11.7 Å². The monoisotopic (exact) mass is 427 g/mol. The first-order valence-corrected chi connectivity index (χ1v) is 11.5. The Kier molecular flexibility index (Phi) is 4.34. The molecule has 3 N–H and O–H groups in total. The van der Waals surface area contributed by atoms with E-state index in [4.69, 9.17) is 0 Å². The van der Waals surface area contributed by atoms with Gasteiger partial charge in [-0.05, 0) is 67.1 Å². The molecule has 4 saturated carbocycles. The zero-order valence-corrected chi connectivity index (χ0v) is 17.8. The predicted molar refractivity (Wildman–Crippen MR) is 113 cm³/mol. The van der Waals surface area contributed by atoms with Crippen molar-refractivity contribution < 1.29 is 14.3 Å². The molecule has 1 aromatic carbocycles. The molecule has 8 heteroatoms. The van der Waals surface area contributed by atoms with Gasteiger partial charge in [0.25, 0.3) is 0 Å². The Balaban J connectivity index is 1.25. The number of carbonyl (C=O) groups is 1. The zero-order chi connectivity index (χ0) is 21.3. The van der Waals surface area contributed by atoms with Crippen LogP contribution in [-0.4, -0.2) is 53.1 Å². The number of hydrazine groups is 2. The van der Waals surface area contributed by atoms with E-state index >= 15 is 0 Å². The topological polar surface area (TPSA) is 80.2 Å². The lowest BCUT2D eigenvalue weighted by molar-refractivity contribution is -0.155. The standard InChI is InChI=1S/C23H30FN5O2/c1-28-26-22(25-27-28)15-11-29(12-15)20(30)10-23(16-2-4-19(24)5-3-16)17-6-13-7-18(23)9-14(8-17)21(13)31/h2-5,13-15,17-18,21,27,31H,6-12H2,1H3,(H,25,26). The van der Waals surface area contributed by atoms with Crippen LogP contribution in [0.4, 0.5) is 4.39 Å². The van der Waals surface area contributed by atoms with E-state index < -0.39 is 0 Å². The summed E-state index contributed by atoms with van der Waals surface area (Å²) in [5.74, 6) is 2.53. The Morgan fingerprint density at radius 3 is 2.32 bits per heavy atom. The van der Waals surface area contributed by atoms with Crippen LogP contribution < -0.4 is 11.0 Å². The Labute approximate surface area is 181 Å². The molecule has 1 amide bonds. The van der Waals surface area contributed by atoms with Gasteiger partial charge in [-0.2, -0.15) is 0 Å². The fraction of sp³-hybridized carbons (Fsp3) is 0.652. The van der Waals surface area contributed by atoms with Crippen LogP contribution in [0, 0.1) is 35.4 Å². The maximum absolute atomic E-state index is 13.7. The van der Waals surface area contributed by atoms with Gasteiger partial charge in [-0.15, -0.1) is 10.2 Å². The number of benzene rings is 1. The molecule has 0 atom stereocenters. The van der Waals surface area contributed by atoms with Crippen LogP contribution in [0.25, 0.3) is 0 Å². The van der Waals surface area contributed by atoms with Gasteiger partial charge in [0.15, 0.2) is 0 Å². The van der Waals surface area contributed by atoms with Crippen LogP contribution in [0.1, 0.15) is 37.7 Å². The second-order valence-corrected chi connectivity index (χ2v) is 10.3. The highest BCUT2D eigenvalue weighted by atomic mass is 19.1. The van der Waals surface area contributed by atoms with Crippen molar-refractivity contribution in [3.05, 3.63) is 35.6 Å². The van der Waals surface area contributed by atoms with Crippen molar-refractivity contribution in [1.82, 2.24) is 21.0 Å². The number of nitrogens with one attached hydrogen (secondary N) is 2. The van der Waals surface area contributed by atoms with E-state index in [1.165, 1.54) is 12.1 Å². The number of hydrogen-bond acceptors (Lipinski definition) is 6. The summed E-state index contributed by atoms with van der Waals surface area (Å²) >= 11 is 0. The Morgan fingerprint density at radius 2 is 1.77 bits per heavy atom. The summed E-state index contributed by atoms with van der Waals surface area (Å²) < 4.78 is 13.7. The first-order chi connectivity index (χ1) is 14.9. The molecule has 1 aromatic rings. The lowest BCUT2D eigenvalue weighted by Crippen LogP contribution is -2.62. The van der Waals surface area contributed by atoms with E-state index in [0.29, 0.717) is 43.2 Å². The van der Waals surface area contributed by atoms with E-state index in [0.717, 1.165) is 37.1 Å². The molecule has 1 saturated heterocycles. The molecular formula is C23H30FN5O2. The summed E-state index contributed by atoms with van der Waals surface area (Å²) in [5.41, 5.74) is 6.88. The van der Waals surface area contributed by atoms with E-state index in [1.54, 1.807) is 5.12 Å². The highest BCUT2D eigenvalue weighted by molar-refractivity contribution is 5.88. The highest BCUT2D eigenvalue weighted by Gasteiger charge is 2.61. The highest BCUT2D eigenvalue weighted by Crippen LogP contribution is 2.64. The average Bonchev–Trinajstić information content (AvgIpc) is 3.11. The van der Waals surface area contributed by atoms with Crippen LogP contribution in [0.2, 0.25) is 0 Å². The normalized spacial score (nSPS) is 39.1. The Hall–Kier alpha value is -2.19. The number of rotatable bonds is 4. The summed E-state index contributed by atoms with van der Waals surface area (Å²) in [6.07, 6.45) is 4.19. The minimum atomic E-state index is -0.242. The molecule has 0 aromatic heterocycles. The van der Waals surface area contributed by atoms with Crippen LogP contribution in [0.5, 0.6) is 0 Å². The fourth-order valence-corrected chi connectivity index (χ4v) is 7.34. The molecule has 4 aliphatic carbocycles. The summed E-state index contributed by atoms with van der Waals surface area (Å²) in [6, 6.07) is 6.88. The van der Waals surface area contributed by atoms with Gasteiger partial charge in [0.05, 0.1) is 12.0 Å². The smallest absolute Gasteiger partial charge is 0.223 e. The number of hydrazone groups is 1. The van der Waals surface area contributed by atoms with Crippen molar-refractivity contribution in [1.29, 1.82) is 0 Å². The molecule has 6 aliphatic rings. The van der Waals surface area contributed by atoms with E-state index in [1.807, 2.05) is 24.1 Å². The van der Waals surface area contributed by atoms with Crippen molar-refractivity contribution in [3.8, 4) is 0 Å². The van der Waals surface area contributed by atoms with Gasteiger partial charge in [0.2, 0.25) is 5.91 Å². The molecule has 0 unspecified atom stereocenters. The number of carbonyl (C=O) groups excluding carboxylic acids is 1. The average molecular weight is 428 g/mol. The number of amidine groups is 1. The maximum atomic E-state index is 13.7. The van der Waals surface area contributed by atoms with Crippen LogP contribution >= 0.6 is 0 Å². The quantitative estimate of drug-likeness (QED) is 0.680. The lowest BCUT2D eigenvalue weighted by atomic mass is 9.42. The van der Waals surface area contributed by atoms with Gasteiger partial charge >= 0.3 is 0 Å². The third kappa shape index (κ3) is 2.91. The molecule has 7 rings (SSSR count). The zero-order valence-electron chi connectivity index (χ0n) is 17.8.